The van der Waals surface area contributed by atoms with Gasteiger partial charge in [0.25, 0.3) is 0 Å². The van der Waals surface area contributed by atoms with E-state index in [1.54, 1.807) is 6.07 Å². The summed E-state index contributed by atoms with van der Waals surface area (Å²) in [6.45, 7) is 3.23. The molecule has 0 aliphatic heterocycles. The lowest BCUT2D eigenvalue weighted by atomic mass is 10.2. The molecular weight excluding hydrogens is 346 g/mol. The van der Waals surface area contributed by atoms with Crippen LogP contribution in [0, 0.1) is 6.92 Å². The number of anilines is 2. The number of fused-ring (bicyclic) bond motifs is 1. The number of carbonyl (C=O) groups is 3. The van der Waals surface area contributed by atoms with Gasteiger partial charge in [-0.2, -0.15) is 0 Å². The van der Waals surface area contributed by atoms with Crippen molar-refractivity contribution in [1.29, 1.82) is 0 Å². The molecule has 1 aromatic heterocycles. The van der Waals surface area contributed by atoms with E-state index in [1.165, 1.54) is 32.5 Å². The Balaban J connectivity index is 2.50. The normalized spacial score (nSPS) is 11.1. The first kappa shape index (κ1) is 18.4. The van der Waals surface area contributed by atoms with Crippen LogP contribution in [-0.2, 0) is 23.9 Å². The summed E-state index contributed by atoms with van der Waals surface area (Å²) in [7, 11) is 2.42. The predicted molar refractivity (Wildman–Crippen MR) is 94.4 cm³/mol. The van der Waals surface area contributed by atoms with Gasteiger partial charge in [-0.15, -0.1) is 0 Å². The summed E-state index contributed by atoms with van der Waals surface area (Å²) in [5, 5.41) is 5.98. The fraction of sp³-hybridized carbons (Fsp3) is 0.250. The van der Waals surface area contributed by atoms with E-state index in [9.17, 15) is 14.4 Å². The van der Waals surface area contributed by atoms with Crippen molar-refractivity contribution in [3.05, 3.63) is 29.5 Å². The second-order valence-corrected chi connectivity index (χ2v) is 6.00. The Labute approximate surface area is 147 Å². The maximum Gasteiger partial charge on any atom is 0.354 e. The van der Waals surface area contributed by atoms with Crippen LogP contribution in [0.25, 0.3) is 10.2 Å². The highest BCUT2D eigenvalue weighted by Crippen LogP contribution is 2.35. The SMILES string of the molecule is COC(=O)/C=C(/Nc1c(C)ccc2nc(NC(C)=O)sc12)C(=O)OC. The molecule has 0 spiro atoms. The molecule has 2 N–H and O–H groups in total. The Kier molecular flexibility index (Phi) is 5.71. The molecule has 0 atom stereocenters. The maximum absolute atomic E-state index is 11.9. The van der Waals surface area contributed by atoms with E-state index in [0.717, 1.165) is 16.3 Å². The number of esters is 2. The molecular formula is C16H17N3O5S. The van der Waals surface area contributed by atoms with Crippen molar-refractivity contribution in [2.24, 2.45) is 0 Å². The van der Waals surface area contributed by atoms with Gasteiger partial charge in [0.05, 0.1) is 36.2 Å². The summed E-state index contributed by atoms with van der Waals surface area (Å²) in [5.74, 6) is -1.64. The molecule has 2 aromatic rings. The van der Waals surface area contributed by atoms with Crippen LogP contribution in [0.1, 0.15) is 12.5 Å². The number of benzene rings is 1. The number of rotatable bonds is 5. The van der Waals surface area contributed by atoms with Crippen molar-refractivity contribution < 1.29 is 23.9 Å². The summed E-state index contributed by atoms with van der Waals surface area (Å²) < 4.78 is 9.98. The quantitative estimate of drug-likeness (QED) is 0.619. The number of hydrogen-bond donors (Lipinski definition) is 2. The third-order valence-corrected chi connectivity index (χ3v) is 4.18. The van der Waals surface area contributed by atoms with E-state index < -0.39 is 11.9 Å². The molecule has 0 aliphatic rings. The lowest BCUT2D eigenvalue weighted by Gasteiger charge is -2.12. The van der Waals surface area contributed by atoms with Gasteiger partial charge in [0, 0.05) is 6.92 Å². The zero-order valence-corrected chi connectivity index (χ0v) is 14.9. The maximum atomic E-state index is 11.9. The molecule has 132 valence electrons. The van der Waals surface area contributed by atoms with E-state index in [4.69, 9.17) is 4.74 Å². The molecule has 0 bridgehead atoms. The van der Waals surface area contributed by atoms with E-state index in [-0.39, 0.29) is 11.6 Å². The molecule has 0 unspecified atom stereocenters. The molecule has 9 heteroatoms. The van der Waals surface area contributed by atoms with Crippen LogP contribution in [0.3, 0.4) is 0 Å². The van der Waals surface area contributed by atoms with Crippen LogP contribution >= 0.6 is 11.3 Å². The Hall–Kier alpha value is -2.94. The van der Waals surface area contributed by atoms with E-state index in [0.29, 0.717) is 16.3 Å². The van der Waals surface area contributed by atoms with Crippen LogP contribution in [0.5, 0.6) is 0 Å². The molecule has 1 aromatic carbocycles. The van der Waals surface area contributed by atoms with Crippen LogP contribution in [-0.4, -0.2) is 37.0 Å². The minimum absolute atomic E-state index is 0.0700. The second-order valence-electron chi connectivity index (χ2n) is 5.00. The largest absolute Gasteiger partial charge is 0.466 e. The van der Waals surface area contributed by atoms with E-state index in [2.05, 4.69) is 20.4 Å². The van der Waals surface area contributed by atoms with Crippen molar-refractivity contribution in [3.63, 3.8) is 0 Å². The smallest absolute Gasteiger partial charge is 0.354 e. The molecule has 0 fully saturated rings. The van der Waals surface area contributed by atoms with Gasteiger partial charge in [-0.3, -0.25) is 4.79 Å². The summed E-state index contributed by atoms with van der Waals surface area (Å²) in [6, 6.07) is 3.62. The van der Waals surface area contributed by atoms with Gasteiger partial charge in [0.15, 0.2) is 5.13 Å². The molecule has 2 rings (SSSR count). The predicted octanol–water partition coefficient (Wildman–Crippen LogP) is 2.20. The average Bonchev–Trinajstić information content (AvgIpc) is 2.97. The monoisotopic (exact) mass is 363 g/mol. The molecule has 0 radical (unpaired) electrons. The van der Waals surface area contributed by atoms with Crippen LogP contribution in [0.4, 0.5) is 10.8 Å². The second kappa shape index (κ2) is 7.75. The van der Waals surface area contributed by atoms with Gasteiger partial charge in [-0.05, 0) is 18.6 Å². The molecule has 0 aliphatic carbocycles. The fourth-order valence-corrected chi connectivity index (χ4v) is 3.08. The molecule has 1 amide bonds. The Morgan fingerprint density at radius 1 is 1.16 bits per heavy atom. The van der Waals surface area contributed by atoms with Gasteiger partial charge in [-0.25, -0.2) is 14.6 Å². The zero-order chi connectivity index (χ0) is 18.6. The van der Waals surface area contributed by atoms with Crippen LogP contribution < -0.4 is 10.6 Å². The minimum Gasteiger partial charge on any atom is -0.466 e. The van der Waals surface area contributed by atoms with Crippen LogP contribution in [0.2, 0.25) is 0 Å². The number of carbonyl (C=O) groups excluding carboxylic acids is 3. The summed E-state index contributed by atoms with van der Waals surface area (Å²) in [4.78, 5) is 39.0. The zero-order valence-electron chi connectivity index (χ0n) is 14.1. The minimum atomic E-state index is -0.714. The third-order valence-electron chi connectivity index (χ3n) is 3.18. The Morgan fingerprint density at radius 2 is 1.88 bits per heavy atom. The molecule has 0 saturated heterocycles. The lowest BCUT2D eigenvalue weighted by Crippen LogP contribution is -2.16. The number of methoxy groups -OCH3 is 2. The van der Waals surface area contributed by atoms with Crippen molar-refractivity contribution in [1.82, 2.24) is 4.98 Å². The number of thiazole rings is 1. The van der Waals surface area contributed by atoms with Crippen LogP contribution in [0.15, 0.2) is 23.9 Å². The van der Waals surface area contributed by atoms with E-state index >= 15 is 0 Å². The molecule has 1 heterocycles. The number of aromatic nitrogens is 1. The van der Waals surface area contributed by atoms with E-state index in [1.807, 2.05) is 13.0 Å². The van der Waals surface area contributed by atoms with Crippen molar-refractivity contribution >= 4 is 50.2 Å². The third kappa shape index (κ3) is 4.32. The number of amides is 1. The number of ether oxygens (including phenoxy) is 2. The Bertz CT molecular complexity index is 872. The highest BCUT2D eigenvalue weighted by molar-refractivity contribution is 7.23. The highest BCUT2D eigenvalue weighted by atomic mass is 32.1. The van der Waals surface area contributed by atoms with Gasteiger partial charge in [0.2, 0.25) is 5.91 Å². The van der Waals surface area contributed by atoms with Gasteiger partial charge >= 0.3 is 11.9 Å². The first-order valence-electron chi connectivity index (χ1n) is 7.18. The van der Waals surface area contributed by atoms with Gasteiger partial charge in [-0.1, -0.05) is 17.4 Å². The van der Waals surface area contributed by atoms with Crippen molar-refractivity contribution in [2.45, 2.75) is 13.8 Å². The molecule has 25 heavy (non-hydrogen) atoms. The van der Waals surface area contributed by atoms with Gasteiger partial charge in [0.1, 0.15) is 5.70 Å². The highest BCUT2D eigenvalue weighted by Gasteiger charge is 2.17. The topological polar surface area (TPSA) is 107 Å². The molecule has 8 nitrogen and oxygen atoms in total. The summed E-state index contributed by atoms with van der Waals surface area (Å²) in [5.41, 5.74) is 1.99. The van der Waals surface area contributed by atoms with Gasteiger partial charge < -0.3 is 20.1 Å². The summed E-state index contributed by atoms with van der Waals surface area (Å²) in [6.07, 6.45) is 1.01. The van der Waals surface area contributed by atoms with Crippen molar-refractivity contribution in [3.8, 4) is 0 Å². The Morgan fingerprint density at radius 3 is 2.48 bits per heavy atom. The standard InChI is InChI=1S/C16H17N3O5S/c1-8-5-6-10-14(25-16(19-10)17-9(2)20)13(8)18-11(15(22)24-4)7-12(21)23-3/h5-7,18H,1-4H3,(H,17,19,20)/b11-7+. The molecule has 0 saturated carbocycles. The van der Waals surface area contributed by atoms with Crippen molar-refractivity contribution in [2.75, 3.05) is 24.9 Å². The number of nitrogens with zero attached hydrogens (tertiary/aromatic N) is 1. The number of hydrogen-bond acceptors (Lipinski definition) is 8. The summed E-state index contributed by atoms with van der Waals surface area (Å²) >= 11 is 1.25. The lowest BCUT2D eigenvalue weighted by molar-refractivity contribution is -0.138. The average molecular weight is 363 g/mol. The fourth-order valence-electron chi connectivity index (χ4n) is 2.02. The number of aryl methyl sites for hydroxylation is 1. The first-order chi connectivity index (χ1) is 11.8. The number of nitrogens with one attached hydrogen (secondary N) is 2. The first-order valence-corrected chi connectivity index (χ1v) is 8.00.